The molecule has 0 saturated carbocycles. The number of hydrogen-bond donors (Lipinski definition) is 2. The summed E-state index contributed by atoms with van der Waals surface area (Å²) < 4.78 is 0. The lowest BCUT2D eigenvalue weighted by Gasteiger charge is -2.17. The second-order valence-electron chi connectivity index (χ2n) is 3.86. The number of amides is 1. The van der Waals surface area contributed by atoms with Crippen LogP contribution in [0.1, 0.15) is 30.5 Å². The number of hydrogen-bond acceptors (Lipinski definition) is 2. The van der Waals surface area contributed by atoms with Gasteiger partial charge in [-0.15, -0.1) is 0 Å². The zero-order valence-electron chi connectivity index (χ0n) is 9.66. The Morgan fingerprint density at radius 1 is 1.47 bits per heavy atom. The Bertz CT molecular complexity index is 429. The topological polar surface area (TPSA) is 66.4 Å². The fourth-order valence-electron chi connectivity index (χ4n) is 1.50. The average Bonchev–Trinajstić information content (AvgIpc) is 2.19. The van der Waals surface area contributed by atoms with E-state index < -0.39 is 12.0 Å². The molecule has 0 aliphatic carbocycles. The third-order valence-corrected chi connectivity index (χ3v) is 2.76. The third-order valence-electron chi connectivity index (χ3n) is 2.35. The number of carbonyl (C=O) groups excluding carboxylic acids is 1. The first-order valence-electron chi connectivity index (χ1n) is 5.15. The molecule has 0 spiro atoms. The van der Waals surface area contributed by atoms with Gasteiger partial charge in [-0.2, -0.15) is 0 Å². The number of halogens is 1. The fraction of sp³-hybridized carbons (Fsp3) is 0.333. The summed E-state index contributed by atoms with van der Waals surface area (Å²) in [6.07, 6.45) is -0.168. The first-order valence-corrected chi connectivity index (χ1v) is 5.53. The summed E-state index contributed by atoms with van der Waals surface area (Å²) in [4.78, 5) is 21.8. The van der Waals surface area contributed by atoms with Crippen LogP contribution in [-0.2, 0) is 9.59 Å². The summed E-state index contributed by atoms with van der Waals surface area (Å²) in [5, 5.41) is 12.0. The lowest BCUT2D eigenvalue weighted by Crippen LogP contribution is -2.28. The second-order valence-corrected chi connectivity index (χ2v) is 4.27. The molecule has 0 saturated heterocycles. The van der Waals surface area contributed by atoms with Gasteiger partial charge < -0.3 is 10.4 Å². The van der Waals surface area contributed by atoms with Crippen LogP contribution in [0.5, 0.6) is 0 Å². The highest BCUT2D eigenvalue weighted by molar-refractivity contribution is 6.31. The fourth-order valence-corrected chi connectivity index (χ4v) is 1.69. The molecule has 1 atom stereocenters. The highest BCUT2D eigenvalue weighted by Gasteiger charge is 2.17. The van der Waals surface area contributed by atoms with E-state index in [1.54, 1.807) is 18.2 Å². The molecule has 92 valence electrons. The number of carboxylic acids is 1. The van der Waals surface area contributed by atoms with E-state index in [0.717, 1.165) is 5.56 Å². The molecule has 0 heterocycles. The number of carbonyl (C=O) groups is 2. The zero-order chi connectivity index (χ0) is 13.0. The predicted octanol–water partition coefficient (Wildman–Crippen LogP) is 2.30. The third kappa shape index (κ3) is 4.07. The molecular formula is C12H14ClNO3. The maximum atomic E-state index is 11.0. The number of aliphatic carboxylic acids is 1. The number of aryl methyl sites for hydroxylation is 1. The summed E-state index contributed by atoms with van der Waals surface area (Å²) in [6.45, 7) is 3.21. The molecule has 1 aromatic rings. The van der Waals surface area contributed by atoms with Gasteiger partial charge in [-0.3, -0.25) is 9.59 Å². The standard InChI is InChI=1S/C12H14ClNO3/c1-7-3-4-9(5-10(7)13)11(6-12(16)17)14-8(2)15/h3-5,11H,6H2,1-2H3,(H,14,15)(H,16,17)/t11-/m1/s1. The van der Waals surface area contributed by atoms with Crippen molar-refractivity contribution in [3.63, 3.8) is 0 Å². The lowest BCUT2D eigenvalue weighted by atomic mass is 10.0. The van der Waals surface area contributed by atoms with Gasteiger partial charge in [0.2, 0.25) is 5.91 Å². The molecule has 0 radical (unpaired) electrons. The summed E-state index contributed by atoms with van der Waals surface area (Å²) in [7, 11) is 0. The van der Waals surface area contributed by atoms with Crippen LogP contribution in [0.15, 0.2) is 18.2 Å². The molecule has 4 nitrogen and oxygen atoms in total. The SMILES string of the molecule is CC(=O)N[C@H](CC(=O)O)c1ccc(C)c(Cl)c1. The Balaban J connectivity index is 2.98. The maximum absolute atomic E-state index is 11.0. The lowest BCUT2D eigenvalue weighted by molar-refractivity contribution is -0.137. The Kier molecular flexibility index (Phi) is 4.52. The van der Waals surface area contributed by atoms with Crippen molar-refractivity contribution < 1.29 is 14.7 Å². The molecule has 0 bridgehead atoms. The minimum atomic E-state index is -0.972. The van der Waals surface area contributed by atoms with Crippen LogP contribution in [0.25, 0.3) is 0 Å². The summed E-state index contributed by atoms with van der Waals surface area (Å²) >= 11 is 5.97. The van der Waals surface area contributed by atoms with E-state index in [0.29, 0.717) is 10.6 Å². The Hall–Kier alpha value is -1.55. The van der Waals surface area contributed by atoms with E-state index in [-0.39, 0.29) is 12.3 Å². The molecule has 17 heavy (non-hydrogen) atoms. The van der Waals surface area contributed by atoms with Gasteiger partial charge >= 0.3 is 5.97 Å². The van der Waals surface area contributed by atoms with Gasteiger partial charge in [0.1, 0.15) is 0 Å². The molecular weight excluding hydrogens is 242 g/mol. The predicted molar refractivity (Wildman–Crippen MR) is 65.0 cm³/mol. The van der Waals surface area contributed by atoms with Crippen LogP contribution < -0.4 is 5.32 Å². The van der Waals surface area contributed by atoms with E-state index >= 15 is 0 Å². The maximum Gasteiger partial charge on any atom is 0.305 e. The smallest absolute Gasteiger partial charge is 0.305 e. The number of benzene rings is 1. The molecule has 0 unspecified atom stereocenters. The van der Waals surface area contributed by atoms with Crippen molar-refractivity contribution in [1.82, 2.24) is 5.32 Å². The molecule has 1 amide bonds. The minimum absolute atomic E-state index is 0.168. The molecule has 1 aromatic carbocycles. The molecule has 0 aliphatic heterocycles. The highest BCUT2D eigenvalue weighted by atomic mass is 35.5. The molecule has 5 heteroatoms. The van der Waals surface area contributed by atoms with Gasteiger partial charge in [0.15, 0.2) is 0 Å². The van der Waals surface area contributed by atoms with Crippen molar-refractivity contribution in [3.8, 4) is 0 Å². The van der Waals surface area contributed by atoms with Crippen LogP contribution >= 0.6 is 11.6 Å². The number of carboxylic acid groups (broad SMARTS) is 1. The van der Waals surface area contributed by atoms with E-state index in [1.165, 1.54) is 6.92 Å². The minimum Gasteiger partial charge on any atom is -0.481 e. The summed E-state index contributed by atoms with van der Waals surface area (Å²) in [6, 6.07) is 4.70. The number of rotatable bonds is 4. The quantitative estimate of drug-likeness (QED) is 0.868. The van der Waals surface area contributed by atoms with Gasteiger partial charge in [-0.05, 0) is 24.1 Å². The van der Waals surface area contributed by atoms with Gasteiger partial charge in [0.05, 0.1) is 12.5 Å². The van der Waals surface area contributed by atoms with E-state index in [9.17, 15) is 9.59 Å². The highest BCUT2D eigenvalue weighted by Crippen LogP contribution is 2.23. The number of nitrogens with one attached hydrogen (secondary N) is 1. The Morgan fingerprint density at radius 3 is 2.59 bits per heavy atom. The summed E-state index contributed by atoms with van der Waals surface area (Å²) in [5.74, 6) is -1.24. The molecule has 1 rings (SSSR count). The van der Waals surface area contributed by atoms with E-state index in [2.05, 4.69) is 5.32 Å². The van der Waals surface area contributed by atoms with Crippen molar-refractivity contribution in [3.05, 3.63) is 34.3 Å². The zero-order valence-corrected chi connectivity index (χ0v) is 10.4. The molecule has 0 fully saturated rings. The first-order chi connectivity index (χ1) is 7.90. The van der Waals surface area contributed by atoms with Crippen molar-refractivity contribution in [2.75, 3.05) is 0 Å². The Morgan fingerprint density at radius 2 is 2.12 bits per heavy atom. The average molecular weight is 256 g/mol. The van der Waals surface area contributed by atoms with Crippen molar-refractivity contribution in [1.29, 1.82) is 0 Å². The van der Waals surface area contributed by atoms with Gasteiger partial charge in [0.25, 0.3) is 0 Å². The van der Waals surface area contributed by atoms with Gasteiger partial charge in [0, 0.05) is 11.9 Å². The van der Waals surface area contributed by atoms with Crippen LogP contribution in [0, 0.1) is 6.92 Å². The van der Waals surface area contributed by atoms with Crippen molar-refractivity contribution >= 4 is 23.5 Å². The first kappa shape index (κ1) is 13.5. The van der Waals surface area contributed by atoms with Crippen LogP contribution in [0.3, 0.4) is 0 Å². The summed E-state index contributed by atoms with van der Waals surface area (Å²) in [5.41, 5.74) is 1.60. The van der Waals surface area contributed by atoms with Gasteiger partial charge in [-0.1, -0.05) is 23.7 Å². The van der Waals surface area contributed by atoms with Crippen molar-refractivity contribution in [2.45, 2.75) is 26.3 Å². The molecule has 0 aliphatic rings. The van der Waals surface area contributed by atoms with Crippen LogP contribution in [-0.4, -0.2) is 17.0 Å². The largest absolute Gasteiger partial charge is 0.481 e. The molecule has 0 aromatic heterocycles. The van der Waals surface area contributed by atoms with E-state index in [4.69, 9.17) is 16.7 Å². The van der Waals surface area contributed by atoms with Crippen LogP contribution in [0.4, 0.5) is 0 Å². The normalized spacial score (nSPS) is 11.9. The Labute approximate surface area is 105 Å². The van der Waals surface area contributed by atoms with E-state index in [1.807, 2.05) is 6.92 Å². The molecule has 2 N–H and O–H groups in total. The monoisotopic (exact) mass is 255 g/mol. The van der Waals surface area contributed by atoms with Crippen LogP contribution in [0.2, 0.25) is 5.02 Å². The van der Waals surface area contributed by atoms with Crippen molar-refractivity contribution in [2.24, 2.45) is 0 Å². The second kappa shape index (κ2) is 5.68. The van der Waals surface area contributed by atoms with Gasteiger partial charge in [-0.25, -0.2) is 0 Å².